The lowest BCUT2D eigenvalue weighted by Gasteiger charge is -2.13. The molecule has 0 aliphatic rings. The van der Waals surface area contributed by atoms with Crippen LogP contribution in [0.15, 0.2) is 60.8 Å². The molecule has 2 aromatic carbocycles. The number of aryl methyl sites for hydroxylation is 2. The predicted octanol–water partition coefficient (Wildman–Crippen LogP) is 5.09. The van der Waals surface area contributed by atoms with E-state index in [1.54, 1.807) is 12.3 Å². The zero-order valence-electron chi connectivity index (χ0n) is 15.7. The maximum absolute atomic E-state index is 12.5. The molecular weight excluding hydrogens is 338 g/mol. The van der Waals surface area contributed by atoms with E-state index in [4.69, 9.17) is 4.74 Å². The lowest BCUT2D eigenvalue weighted by atomic mass is 10.1. The molecule has 0 spiro atoms. The molecule has 0 aliphatic carbocycles. The number of carbonyl (C=O) groups is 1. The minimum Gasteiger partial charge on any atom is -0.494 e. The molecule has 3 rings (SSSR count). The van der Waals surface area contributed by atoms with E-state index in [0.29, 0.717) is 18.0 Å². The predicted molar refractivity (Wildman–Crippen MR) is 109 cm³/mol. The number of pyridine rings is 1. The van der Waals surface area contributed by atoms with Gasteiger partial charge >= 0.3 is 0 Å². The van der Waals surface area contributed by atoms with Crippen LogP contribution in [0, 0.1) is 13.8 Å². The van der Waals surface area contributed by atoms with Crippen LogP contribution in [-0.4, -0.2) is 17.5 Å². The number of para-hydroxylation sites is 1. The Bertz CT molecular complexity index is 916. The minimum atomic E-state index is -0.260. The third-order valence-corrected chi connectivity index (χ3v) is 4.17. The van der Waals surface area contributed by atoms with Crippen LogP contribution in [0.1, 0.15) is 28.5 Å². The third kappa shape index (κ3) is 4.64. The van der Waals surface area contributed by atoms with E-state index in [0.717, 1.165) is 28.3 Å². The average molecular weight is 361 g/mol. The number of benzene rings is 2. The molecular formula is C22H23N3O2. The van der Waals surface area contributed by atoms with Crippen LogP contribution < -0.4 is 15.4 Å². The highest BCUT2D eigenvalue weighted by Crippen LogP contribution is 2.24. The van der Waals surface area contributed by atoms with Crippen LogP contribution in [0.4, 0.5) is 17.1 Å². The number of hydrogen-bond acceptors (Lipinski definition) is 4. The first-order chi connectivity index (χ1) is 13.1. The van der Waals surface area contributed by atoms with Crippen molar-refractivity contribution in [1.82, 2.24) is 4.98 Å². The number of carbonyl (C=O) groups excluding carboxylic acids is 1. The second-order valence-electron chi connectivity index (χ2n) is 6.23. The first-order valence-corrected chi connectivity index (χ1v) is 8.90. The third-order valence-electron chi connectivity index (χ3n) is 4.17. The summed E-state index contributed by atoms with van der Waals surface area (Å²) in [5.41, 5.74) is 5.19. The van der Waals surface area contributed by atoms with Crippen LogP contribution in [0.5, 0.6) is 5.75 Å². The number of aromatic nitrogens is 1. The fourth-order valence-corrected chi connectivity index (χ4v) is 2.78. The van der Waals surface area contributed by atoms with Gasteiger partial charge in [-0.05, 0) is 68.3 Å². The molecule has 1 heterocycles. The SMILES string of the molecule is CCOc1ccc(NC(=O)c2cc(Nc3c(C)cccc3C)ccn2)cc1. The fraction of sp³-hybridized carbons (Fsp3) is 0.182. The second kappa shape index (κ2) is 8.36. The van der Waals surface area contributed by atoms with Crippen LogP contribution >= 0.6 is 0 Å². The van der Waals surface area contributed by atoms with Crippen molar-refractivity contribution in [3.05, 3.63) is 77.6 Å². The molecule has 0 radical (unpaired) electrons. The van der Waals surface area contributed by atoms with E-state index < -0.39 is 0 Å². The summed E-state index contributed by atoms with van der Waals surface area (Å²) < 4.78 is 5.41. The maximum Gasteiger partial charge on any atom is 0.274 e. The molecule has 27 heavy (non-hydrogen) atoms. The van der Waals surface area contributed by atoms with E-state index in [9.17, 15) is 4.79 Å². The molecule has 3 aromatic rings. The van der Waals surface area contributed by atoms with E-state index >= 15 is 0 Å². The van der Waals surface area contributed by atoms with Gasteiger partial charge in [0.15, 0.2) is 0 Å². The Labute approximate surface area is 159 Å². The molecule has 0 unspecified atom stereocenters. The molecule has 0 fully saturated rings. The Hall–Kier alpha value is -3.34. The van der Waals surface area contributed by atoms with E-state index in [2.05, 4.69) is 41.6 Å². The molecule has 0 bridgehead atoms. The van der Waals surface area contributed by atoms with Gasteiger partial charge in [-0.1, -0.05) is 18.2 Å². The van der Waals surface area contributed by atoms with Crippen molar-refractivity contribution in [2.24, 2.45) is 0 Å². The van der Waals surface area contributed by atoms with Crippen molar-refractivity contribution in [3.63, 3.8) is 0 Å². The second-order valence-corrected chi connectivity index (χ2v) is 6.23. The van der Waals surface area contributed by atoms with Crippen molar-refractivity contribution in [3.8, 4) is 5.75 Å². The lowest BCUT2D eigenvalue weighted by Crippen LogP contribution is -2.13. The minimum absolute atomic E-state index is 0.260. The van der Waals surface area contributed by atoms with Gasteiger partial charge in [0.1, 0.15) is 11.4 Å². The summed E-state index contributed by atoms with van der Waals surface area (Å²) in [7, 11) is 0. The maximum atomic E-state index is 12.5. The normalized spacial score (nSPS) is 10.3. The van der Waals surface area contributed by atoms with Gasteiger partial charge in [0.25, 0.3) is 5.91 Å². The topological polar surface area (TPSA) is 63.2 Å². The Morgan fingerprint density at radius 3 is 2.37 bits per heavy atom. The van der Waals surface area contributed by atoms with Crippen LogP contribution in [-0.2, 0) is 0 Å². The van der Waals surface area contributed by atoms with Crippen LogP contribution in [0.2, 0.25) is 0 Å². The van der Waals surface area contributed by atoms with Crippen LogP contribution in [0.3, 0.4) is 0 Å². The molecule has 5 nitrogen and oxygen atoms in total. The standard InChI is InChI=1S/C22H23N3O2/c1-4-27-19-10-8-17(9-11-19)25-22(26)20-14-18(12-13-23-20)24-21-15(2)6-5-7-16(21)3/h5-14H,4H2,1-3H3,(H,23,24)(H,25,26). The molecule has 0 atom stereocenters. The molecule has 138 valence electrons. The molecule has 2 N–H and O–H groups in total. The van der Waals surface area contributed by atoms with Gasteiger partial charge in [0.2, 0.25) is 0 Å². The highest BCUT2D eigenvalue weighted by atomic mass is 16.5. The van der Waals surface area contributed by atoms with Crippen LogP contribution in [0.25, 0.3) is 0 Å². The molecule has 0 aliphatic heterocycles. The summed E-state index contributed by atoms with van der Waals surface area (Å²) in [5.74, 6) is 0.512. The van der Waals surface area contributed by atoms with Gasteiger partial charge in [-0.2, -0.15) is 0 Å². The number of rotatable bonds is 6. The van der Waals surface area contributed by atoms with Crippen molar-refractivity contribution in [2.75, 3.05) is 17.2 Å². The highest BCUT2D eigenvalue weighted by molar-refractivity contribution is 6.03. The zero-order valence-corrected chi connectivity index (χ0v) is 15.7. The Morgan fingerprint density at radius 2 is 1.70 bits per heavy atom. The number of nitrogens with zero attached hydrogens (tertiary/aromatic N) is 1. The Balaban J connectivity index is 1.73. The summed E-state index contributed by atoms with van der Waals surface area (Å²) in [4.78, 5) is 16.7. The smallest absolute Gasteiger partial charge is 0.274 e. The van der Waals surface area contributed by atoms with Gasteiger partial charge < -0.3 is 15.4 Å². The zero-order chi connectivity index (χ0) is 19.2. The van der Waals surface area contributed by atoms with E-state index in [-0.39, 0.29) is 5.91 Å². The molecule has 0 saturated carbocycles. The highest BCUT2D eigenvalue weighted by Gasteiger charge is 2.10. The van der Waals surface area contributed by atoms with Gasteiger partial charge in [-0.3, -0.25) is 9.78 Å². The molecule has 1 amide bonds. The summed E-state index contributed by atoms with van der Waals surface area (Å²) in [6, 6.07) is 17.0. The quantitative estimate of drug-likeness (QED) is 0.642. The molecule has 1 aromatic heterocycles. The average Bonchev–Trinajstić information content (AvgIpc) is 2.67. The summed E-state index contributed by atoms with van der Waals surface area (Å²) in [5, 5.41) is 6.24. The number of anilines is 3. The lowest BCUT2D eigenvalue weighted by molar-refractivity contribution is 0.102. The Morgan fingerprint density at radius 1 is 1.00 bits per heavy atom. The van der Waals surface area contributed by atoms with Crippen molar-refractivity contribution in [2.45, 2.75) is 20.8 Å². The Kier molecular flexibility index (Phi) is 5.71. The summed E-state index contributed by atoms with van der Waals surface area (Å²) >= 11 is 0. The van der Waals surface area contributed by atoms with Gasteiger partial charge in [0, 0.05) is 23.3 Å². The molecule has 5 heteroatoms. The van der Waals surface area contributed by atoms with E-state index in [1.807, 2.05) is 43.3 Å². The number of ether oxygens (including phenoxy) is 1. The van der Waals surface area contributed by atoms with Crippen molar-refractivity contribution < 1.29 is 9.53 Å². The molecule has 0 saturated heterocycles. The number of nitrogens with one attached hydrogen (secondary N) is 2. The van der Waals surface area contributed by atoms with E-state index in [1.165, 1.54) is 0 Å². The van der Waals surface area contributed by atoms with Crippen molar-refractivity contribution in [1.29, 1.82) is 0 Å². The van der Waals surface area contributed by atoms with Crippen molar-refractivity contribution >= 4 is 23.0 Å². The van der Waals surface area contributed by atoms with Gasteiger partial charge in [-0.25, -0.2) is 0 Å². The van der Waals surface area contributed by atoms with Gasteiger partial charge in [-0.15, -0.1) is 0 Å². The fourth-order valence-electron chi connectivity index (χ4n) is 2.78. The van der Waals surface area contributed by atoms with Gasteiger partial charge in [0.05, 0.1) is 6.61 Å². The number of amides is 1. The summed E-state index contributed by atoms with van der Waals surface area (Å²) in [6.45, 7) is 6.64. The monoisotopic (exact) mass is 361 g/mol. The largest absolute Gasteiger partial charge is 0.494 e. The first-order valence-electron chi connectivity index (χ1n) is 8.90. The summed E-state index contributed by atoms with van der Waals surface area (Å²) in [6.07, 6.45) is 1.63. The first kappa shape index (κ1) is 18.5. The number of hydrogen-bond donors (Lipinski definition) is 2.